The summed E-state index contributed by atoms with van der Waals surface area (Å²) in [6, 6.07) is 4.89. The van der Waals surface area contributed by atoms with Gasteiger partial charge in [0, 0.05) is 25.9 Å². The minimum Gasteiger partial charge on any atom is -0.384 e. The van der Waals surface area contributed by atoms with Crippen LogP contribution in [0.5, 0.6) is 0 Å². The molecule has 0 unspecified atom stereocenters. The van der Waals surface area contributed by atoms with E-state index >= 15 is 0 Å². The Balaban J connectivity index is 1.98. The van der Waals surface area contributed by atoms with Gasteiger partial charge in [0.25, 0.3) is 5.91 Å². The average Bonchev–Trinajstić information content (AvgIpc) is 2.75. The molecule has 2 N–H and O–H groups in total. The van der Waals surface area contributed by atoms with Crippen molar-refractivity contribution in [3.8, 4) is 11.4 Å². The van der Waals surface area contributed by atoms with Crippen LogP contribution in [0.15, 0.2) is 42.2 Å². The van der Waals surface area contributed by atoms with E-state index < -0.39 is 23.6 Å². The van der Waals surface area contributed by atoms with E-state index in [-0.39, 0.29) is 39.4 Å². The number of likely N-dealkylation sites (N-methyl/N-ethyl adjacent to an activating group) is 2. The van der Waals surface area contributed by atoms with Crippen LogP contribution in [0.4, 0.5) is 23.2 Å². The molecular formula is C21H18F4N6O. The topological polar surface area (TPSA) is 94.9 Å². The van der Waals surface area contributed by atoms with Gasteiger partial charge in [-0.25, -0.2) is 19.3 Å². The second-order valence-electron chi connectivity index (χ2n) is 6.78. The lowest BCUT2D eigenvalue weighted by Gasteiger charge is -2.20. The molecule has 2 aromatic heterocycles. The highest BCUT2D eigenvalue weighted by atomic mass is 19.4. The van der Waals surface area contributed by atoms with Crippen molar-refractivity contribution in [3.05, 3.63) is 59.3 Å². The molecule has 3 aromatic rings. The first kappa shape index (κ1) is 22.8. The summed E-state index contributed by atoms with van der Waals surface area (Å²) in [6.45, 7) is 1.47. The number of hydrogen-bond donors (Lipinski definition) is 2. The van der Waals surface area contributed by atoms with E-state index in [1.165, 1.54) is 39.2 Å². The van der Waals surface area contributed by atoms with Crippen LogP contribution < -0.4 is 10.2 Å². The number of nitrogens with one attached hydrogen (secondary N) is 2. The number of aromatic nitrogens is 3. The minimum atomic E-state index is -4.60. The second kappa shape index (κ2) is 8.69. The van der Waals surface area contributed by atoms with E-state index in [0.717, 1.165) is 29.4 Å². The Hall–Kier alpha value is -3.89. The summed E-state index contributed by atoms with van der Waals surface area (Å²) < 4.78 is 53.7. The Morgan fingerprint density at radius 2 is 1.94 bits per heavy atom. The molecule has 7 nitrogen and oxygen atoms in total. The number of benzene rings is 1. The molecule has 0 aliphatic carbocycles. The third kappa shape index (κ3) is 4.41. The maximum absolute atomic E-state index is 14.8. The maximum atomic E-state index is 14.8. The molecule has 0 saturated carbocycles. The van der Waals surface area contributed by atoms with Crippen LogP contribution in [-0.4, -0.2) is 41.2 Å². The monoisotopic (exact) mass is 446 g/mol. The zero-order valence-corrected chi connectivity index (χ0v) is 17.3. The fourth-order valence-electron chi connectivity index (χ4n) is 3.02. The van der Waals surface area contributed by atoms with Gasteiger partial charge in [-0.2, -0.15) is 13.2 Å². The Bertz CT molecular complexity index is 1240. The lowest BCUT2D eigenvalue weighted by molar-refractivity contribution is -0.141. The molecule has 0 saturated heterocycles. The number of rotatable bonds is 5. The molecule has 0 aliphatic rings. The van der Waals surface area contributed by atoms with Gasteiger partial charge in [-0.05, 0) is 42.8 Å². The Morgan fingerprint density at radius 1 is 1.22 bits per heavy atom. The molecule has 3 rings (SSSR count). The first-order chi connectivity index (χ1) is 15.1. The molecule has 0 bridgehead atoms. The molecule has 0 atom stereocenters. The Labute approximate surface area is 180 Å². The van der Waals surface area contributed by atoms with Crippen LogP contribution in [0.3, 0.4) is 0 Å². The van der Waals surface area contributed by atoms with E-state index in [0.29, 0.717) is 0 Å². The van der Waals surface area contributed by atoms with Crippen LogP contribution in [0.25, 0.3) is 22.4 Å². The molecule has 1 amide bonds. The molecule has 32 heavy (non-hydrogen) atoms. The zero-order chi connectivity index (χ0) is 23.6. The number of hydrogen-bond acceptors (Lipinski definition) is 6. The van der Waals surface area contributed by atoms with Crippen molar-refractivity contribution in [1.29, 1.82) is 5.41 Å². The van der Waals surface area contributed by atoms with Gasteiger partial charge in [-0.15, -0.1) is 0 Å². The zero-order valence-electron chi connectivity index (χ0n) is 17.3. The average molecular weight is 446 g/mol. The van der Waals surface area contributed by atoms with Crippen LogP contribution in [0, 0.1) is 18.2 Å². The van der Waals surface area contributed by atoms with Crippen molar-refractivity contribution < 1.29 is 22.4 Å². The van der Waals surface area contributed by atoms with Gasteiger partial charge in [0.1, 0.15) is 22.7 Å². The summed E-state index contributed by atoms with van der Waals surface area (Å²) >= 11 is 0. The summed E-state index contributed by atoms with van der Waals surface area (Å²) in [5, 5.41) is 9.74. The molecule has 1 aromatic carbocycles. The molecule has 2 heterocycles. The number of nitrogens with zero attached hydrogens (tertiary/aromatic N) is 4. The van der Waals surface area contributed by atoms with Crippen molar-refractivity contribution in [2.24, 2.45) is 0 Å². The van der Waals surface area contributed by atoms with Crippen LogP contribution in [0.2, 0.25) is 0 Å². The number of alkyl halides is 3. The Kier molecular flexibility index (Phi) is 6.19. The normalized spacial score (nSPS) is 12.0. The summed E-state index contributed by atoms with van der Waals surface area (Å²) in [5.41, 5.74) is -0.234. The summed E-state index contributed by atoms with van der Waals surface area (Å²) in [7, 11) is 2.89. The third-order valence-corrected chi connectivity index (χ3v) is 4.65. The molecule has 0 radical (unpaired) electrons. The number of allylic oxidation sites excluding steroid dienone is 1. The first-order valence-electron chi connectivity index (χ1n) is 9.25. The molecule has 0 spiro atoms. The number of amides is 1. The predicted octanol–water partition coefficient (Wildman–Crippen LogP) is 3.87. The number of carbonyl (C=O) groups excluding carboxylic acids is 1. The molecule has 11 heteroatoms. The largest absolute Gasteiger partial charge is 0.433 e. The summed E-state index contributed by atoms with van der Waals surface area (Å²) in [5.74, 6) is -1.18. The van der Waals surface area contributed by atoms with Crippen LogP contribution in [0.1, 0.15) is 11.3 Å². The Morgan fingerprint density at radius 3 is 2.53 bits per heavy atom. The van der Waals surface area contributed by atoms with Gasteiger partial charge >= 0.3 is 6.18 Å². The number of carbonyl (C=O) groups is 1. The van der Waals surface area contributed by atoms with E-state index in [2.05, 4.69) is 20.3 Å². The molecule has 0 fully saturated rings. The van der Waals surface area contributed by atoms with E-state index in [4.69, 9.17) is 5.41 Å². The van der Waals surface area contributed by atoms with E-state index in [1.54, 1.807) is 0 Å². The fourth-order valence-corrected chi connectivity index (χ4v) is 3.02. The van der Waals surface area contributed by atoms with Gasteiger partial charge in [0.2, 0.25) is 0 Å². The fraction of sp³-hybridized carbons (Fsp3) is 0.190. The van der Waals surface area contributed by atoms with E-state index in [9.17, 15) is 22.4 Å². The molecular weight excluding hydrogens is 428 g/mol. The quantitative estimate of drug-likeness (QED) is 0.353. The number of aryl methyl sites for hydroxylation is 1. The van der Waals surface area contributed by atoms with Crippen molar-refractivity contribution in [2.45, 2.75) is 13.1 Å². The van der Waals surface area contributed by atoms with Crippen molar-refractivity contribution in [3.63, 3.8) is 0 Å². The van der Waals surface area contributed by atoms with Gasteiger partial charge in [0.05, 0.1) is 17.4 Å². The van der Waals surface area contributed by atoms with E-state index in [1.807, 2.05) is 0 Å². The predicted molar refractivity (Wildman–Crippen MR) is 112 cm³/mol. The number of halogens is 4. The lowest BCUT2D eigenvalue weighted by Crippen LogP contribution is -2.33. The standard InChI is InChI=1S/C21H18F4N6O/c1-11-8-17(21(23,24)25)29-15-10-28-19(30-18(11)15)12-4-5-16(13(22)9-12)31(3)20(32)14(27-2)6-7-26/h4-10,26-27H,1-3H3/b14-6-,26-7?. The smallest absolute Gasteiger partial charge is 0.384 e. The van der Waals surface area contributed by atoms with Crippen molar-refractivity contribution in [1.82, 2.24) is 20.3 Å². The summed E-state index contributed by atoms with van der Waals surface area (Å²) in [4.78, 5) is 25.4. The van der Waals surface area contributed by atoms with Crippen LogP contribution >= 0.6 is 0 Å². The van der Waals surface area contributed by atoms with Crippen molar-refractivity contribution >= 4 is 28.8 Å². The highest BCUT2D eigenvalue weighted by Crippen LogP contribution is 2.31. The summed E-state index contributed by atoms with van der Waals surface area (Å²) in [6.07, 6.45) is -1.26. The van der Waals surface area contributed by atoms with Crippen LogP contribution in [-0.2, 0) is 11.0 Å². The first-order valence-corrected chi connectivity index (χ1v) is 9.25. The second-order valence-corrected chi connectivity index (χ2v) is 6.78. The third-order valence-electron chi connectivity index (χ3n) is 4.65. The molecule has 166 valence electrons. The van der Waals surface area contributed by atoms with Gasteiger partial charge in [0.15, 0.2) is 5.82 Å². The minimum absolute atomic E-state index is 0.0154. The SMILES string of the molecule is CN/C(=C\C=N)C(=O)N(C)c1ccc(-c2ncc3nc(C(F)(F)F)cc(C)c3n2)cc1F. The maximum Gasteiger partial charge on any atom is 0.433 e. The van der Waals surface area contributed by atoms with Crippen molar-refractivity contribution in [2.75, 3.05) is 19.0 Å². The number of pyridine rings is 1. The van der Waals surface area contributed by atoms with Gasteiger partial charge in [-0.3, -0.25) is 4.79 Å². The van der Waals surface area contributed by atoms with Gasteiger partial charge < -0.3 is 15.6 Å². The molecule has 0 aliphatic heterocycles. The number of fused-ring (bicyclic) bond motifs is 1. The number of anilines is 1. The lowest BCUT2D eigenvalue weighted by atomic mass is 10.1. The van der Waals surface area contributed by atoms with Gasteiger partial charge in [-0.1, -0.05) is 0 Å². The highest BCUT2D eigenvalue weighted by Gasteiger charge is 2.33. The highest BCUT2D eigenvalue weighted by molar-refractivity contribution is 6.06.